The molecule has 0 aliphatic heterocycles. The van der Waals surface area contributed by atoms with Gasteiger partial charge in [0, 0.05) is 13.2 Å². The Morgan fingerprint density at radius 3 is 2.20 bits per heavy atom. The number of benzene rings is 3. The third-order valence-electron chi connectivity index (χ3n) is 6.83. The predicted molar refractivity (Wildman–Crippen MR) is 151 cm³/mol. The zero-order valence-corrected chi connectivity index (χ0v) is 21.7. The Bertz CT molecular complexity index is 1020. The summed E-state index contributed by atoms with van der Waals surface area (Å²) in [6.07, 6.45) is 13.7. The number of aryl methyl sites for hydroxylation is 2. The molecule has 0 fully saturated rings. The van der Waals surface area contributed by atoms with E-state index >= 15 is 0 Å². The Kier molecular flexibility index (Phi) is 11.8. The molecular weight excluding hydrogens is 426 g/mol. The van der Waals surface area contributed by atoms with Gasteiger partial charge in [0.1, 0.15) is 0 Å². The van der Waals surface area contributed by atoms with Gasteiger partial charge in [0.15, 0.2) is 0 Å². The van der Waals surface area contributed by atoms with E-state index in [0.717, 1.165) is 45.2 Å². The van der Waals surface area contributed by atoms with Crippen molar-refractivity contribution in [3.8, 4) is 0 Å². The molecule has 0 heterocycles. The van der Waals surface area contributed by atoms with Crippen molar-refractivity contribution in [3.63, 3.8) is 0 Å². The van der Waals surface area contributed by atoms with Crippen LogP contribution in [0.4, 0.5) is 0 Å². The van der Waals surface area contributed by atoms with E-state index in [1.165, 1.54) is 58.2 Å². The lowest BCUT2D eigenvalue weighted by Crippen LogP contribution is -2.17. The van der Waals surface area contributed by atoms with Crippen LogP contribution in [0.5, 0.6) is 0 Å². The van der Waals surface area contributed by atoms with Crippen molar-refractivity contribution in [2.75, 3.05) is 13.2 Å². The van der Waals surface area contributed by atoms with Gasteiger partial charge in [-0.25, -0.2) is 0 Å². The molecule has 0 bridgehead atoms. The minimum absolute atomic E-state index is 0.206. The van der Waals surface area contributed by atoms with E-state index in [1.54, 1.807) is 0 Å². The summed E-state index contributed by atoms with van der Waals surface area (Å²) in [7, 11) is 0. The zero-order valence-electron chi connectivity index (χ0n) is 21.7. The molecule has 0 aliphatic carbocycles. The lowest BCUT2D eigenvalue weighted by atomic mass is 9.91. The minimum Gasteiger partial charge on any atom is -0.396 e. The van der Waals surface area contributed by atoms with Gasteiger partial charge in [-0.2, -0.15) is 0 Å². The van der Waals surface area contributed by atoms with Crippen molar-refractivity contribution in [2.45, 2.75) is 71.8 Å². The molecule has 3 rings (SSSR count). The van der Waals surface area contributed by atoms with Crippen LogP contribution in [0.2, 0.25) is 0 Å². The molecule has 186 valence electrons. The maximum Gasteiger partial charge on any atom is 0.0471 e. The second-order valence-electron chi connectivity index (χ2n) is 9.52. The van der Waals surface area contributed by atoms with Gasteiger partial charge in [0.05, 0.1) is 0 Å². The molecule has 2 heteroatoms. The van der Waals surface area contributed by atoms with Crippen molar-refractivity contribution in [1.82, 2.24) is 5.32 Å². The number of allylic oxidation sites excluding steroid dienone is 1. The van der Waals surface area contributed by atoms with Crippen LogP contribution in [0.1, 0.15) is 71.6 Å². The highest BCUT2D eigenvalue weighted by Crippen LogP contribution is 2.23. The summed E-state index contributed by atoms with van der Waals surface area (Å²) in [4.78, 5) is 0. The lowest BCUT2D eigenvalue weighted by molar-refractivity contribution is 0.299. The van der Waals surface area contributed by atoms with Crippen LogP contribution in [0.15, 0.2) is 72.8 Å². The van der Waals surface area contributed by atoms with Gasteiger partial charge in [-0.05, 0) is 90.9 Å². The molecule has 0 amide bonds. The topological polar surface area (TPSA) is 32.3 Å². The van der Waals surface area contributed by atoms with Gasteiger partial charge >= 0.3 is 0 Å². The van der Waals surface area contributed by atoms with Gasteiger partial charge < -0.3 is 10.4 Å². The maximum atomic E-state index is 9.09. The number of aliphatic hydroxyl groups excluding tert-OH is 1. The molecule has 0 aromatic heterocycles. The quantitative estimate of drug-likeness (QED) is 0.230. The van der Waals surface area contributed by atoms with Crippen LogP contribution in [0.3, 0.4) is 0 Å². The van der Waals surface area contributed by atoms with Gasteiger partial charge in [-0.15, -0.1) is 0 Å². The zero-order chi connectivity index (χ0) is 24.7. The Balaban J connectivity index is 1.63. The van der Waals surface area contributed by atoms with Crippen LogP contribution in [0, 0.1) is 6.92 Å². The molecule has 0 saturated carbocycles. The molecule has 0 unspecified atom stereocenters. The molecule has 0 aliphatic rings. The fraction of sp³-hybridized carbons (Fsp3) is 0.394. The van der Waals surface area contributed by atoms with Crippen LogP contribution < -0.4 is 5.32 Å². The molecule has 3 aromatic rings. The second kappa shape index (κ2) is 15.3. The second-order valence-corrected chi connectivity index (χ2v) is 9.52. The molecule has 0 atom stereocenters. The molecule has 3 aromatic carbocycles. The largest absolute Gasteiger partial charge is 0.396 e. The maximum absolute atomic E-state index is 9.09. The van der Waals surface area contributed by atoms with E-state index in [-0.39, 0.29) is 6.61 Å². The summed E-state index contributed by atoms with van der Waals surface area (Å²) in [5, 5.41) is 12.7. The smallest absolute Gasteiger partial charge is 0.0471 e. The lowest BCUT2D eigenvalue weighted by Gasteiger charge is -2.15. The van der Waals surface area contributed by atoms with Crippen LogP contribution >= 0.6 is 0 Å². The monoisotopic (exact) mass is 469 g/mol. The fourth-order valence-electron chi connectivity index (χ4n) is 4.60. The summed E-state index contributed by atoms with van der Waals surface area (Å²) in [5.41, 5.74) is 9.63. The third kappa shape index (κ3) is 9.12. The third-order valence-corrected chi connectivity index (χ3v) is 6.83. The van der Waals surface area contributed by atoms with Crippen molar-refractivity contribution in [2.24, 2.45) is 0 Å². The number of hydrogen-bond donors (Lipinski definition) is 2. The molecule has 2 nitrogen and oxygen atoms in total. The van der Waals surface area contributed by atoms with Gasteiger partial charge in [0.2, 0.25) is 0 Å². The van der Waals surface area contributed by atoms with E-state index in [4.69, 9.17) is 5.11 Å². The first-order valence-corrected chi connectivity index (χ1v) is 13.4. The van der Waals surface area contributed by atoms with Crippen molar-refractivity contribution in [3.05, 3.63) is 112 Å². The fourth-order valence-corrected chi connectivity index (χ4v) is 4.60. The Morgan fingerprint density at radius 2 is 1.46 bits per heavy atom. The highest BCUT2D eigenvalue weighted by molar-refractivity contribution is 5.60. The summed E-state index contributed by atoms with van der Waals surface area (Å²) >= 11 is 0. The van der Waals surface area contributed by atoms with E-state index < -0.39 is 0 Å². The van der Waals surface area contributed by atoms with E-state index in [1.807, 2.05) is 0 Å². The van der Waals surface area contributed by atoms with Gasteiger partial charge in [-0.3, -0.25) is 0 Å². The Hall–Kier alpha value is -2.68. The highest BCUT2D eigenvalue weighted by atomic mass is 16.2. The normalized spacial score (nSPS) is 11.4. The van der Waals surface area contributed by atoms with Crippen molar-refractivity contribution >= 4 is 6.08 Å². The van der Waals surface area contributed by atoms with E-state index in [9.17, 15) is 0 Å². The minimum atomic E-state index is 0.206. The highest BCUT2D eigenvalue weighted by Gasteiger charge is 2.09. The Morgan fingerprint density at radius 1 is 0.743 bits per heavy atom. The standard InChI is InChI=1S/C33H43NO/c1-3-4-5-6-10-13-33-27(2)31(19-18-28-11-8-7-9-12-28)20-21-32(33)22-24-34-26-30-16-14-29(15-17-30)23-25-35/h7-17,20-21,34-35H,3-6,18-19,22-26H2,1-2H3/b13-10+. The number of nitrogens with one attached hydrogen (secondary N) is 1. The van der Waals surface area contributed by atoms with Gasteiger partial charge in [0.25, 0.3) is 0 Å². The molecule has 0 radical (unpaired) electrons. The van der Waals surface area contributed by atoms with E-state index in [0.29, 0.717) is 0 Å². The first-order chi connectivity index (χ1) is 17.2. The molecule has 0 spiro atoms. The summed E-state index contributed by atoms with van der Waals surface area (Å²) in [6.45, 7) is 6.60. The summed E-state index contributed by atoms with van der Waals surface area (Å²) in [6, 6.07) is 24.1. The number of unbranched alkanes of at least 4 members (excludes halogenated alkanes) is 3. The molecule has 35 heavy (non-hydrogen) atoms. The summed E-state index contributed by atoms with van der Waals surface area (Å²) < 4.78 is 0. The van der Waals surface area contributed by atoms with Crippen LogP contribution in [-0.2, 0) is 32.2 Å². The average Bonchev–Trinajstić information content (AvgIpc) is 2.89. The van der Waals surface area contributed by atoms with E-state index in [2.05, 4.69) is 98.0 Å². The summed E-state index contributed by atoms with van der Waals surface area (Å²) in [5.74, 6) is 0. The first kappa shape index (κ1) is 26.9. The van der Waals surface area contributed by atoms with Crippen molar-refractivity contribution < 1.29 is 5.11 Å². The SMILES string of the molecule is CCCCC/C=C/c1c(CCNCc2ccc(CCO)cc2)ccc(CCc2ccccc2)c1C. The number of rotatable bonds is 15. The number of aliphatic hydroxyl groups is 1. The number of hydrogen-bond acceptors (Lipinski definition) is 2. The van der Waals surface area contributed by atoms with Gasteiger partial charge in [-0.1, -0.05) is 98.6 Å². The van der Waals surface area contributed by atoms with Crippen molar-refractivity contribution in [1.29, 1.82) is 0 Å². The first-order valence-electron chi connectivity index (χ1n) is 13.4. The van der Waals surface area contributed by atoms with Crippen LogP contribution in [0.25, 0.3) is 6.08 Å². The van der Waals surface area contributed by atoms with Crippen LogP contribution in [-0.4, -0.2) is 18.3 Å². The Labute approximate surface area is 213 Å². The molecule has 2 N–H and O–H groups in total. The molecular formula is C33H43NO. The average molecular weight is 470 g/mol. The predicted octanol–water partition coefficient (Wildman–Crippen LogP) is 7.24. The molecule has 0 saturated heterocycles.